The molecule has 0 saturated heterocycles. The van der Waals surface area contributed by atoms with Crippen LogP contribution in [0.2, 0.25) is 0 Å². The number of hydrogen-bond donors (Lipinski definition) is 0. The van der Waals surface area contributed by atoms with E-state index in [0.29, 0.717) is 0 Å². The summed E-state index contributed by atoms with van der Waals surface area (Å²) in [4.78, 5) is 0. The van der Waals surface area contributed by atoms with E-state index in [1.165, 1.54) is 37.7 Å². The average Bonchev–Trinajstić information content (AvgIpc) is 2.23. The minimum Gasteiger partial charge on any atom is -0.0991 e. The van der Waals surface area contributed by atoms with Gasteiger partial charge >= 0.3 is 0 Å². The molecule has 0 aliphatic rings. The molecular formula is C15H28. The minimum atomic E-state index is 0.864. The average molecular weight is 208 g/mol. The highest BCUT2D eigenvalue weighted by molar-refractivity contribution is 5.07. The Morgan fingerprint density at radius 2 is 1.87 bits per heavy atom. The Bertz CT molecular complexity index is 184. The van der Waals surface area contributed by atoms with Crippen molar-refractivity contribution in [3.8, 4) is 0 Å². The lowest BCUT2D eigenvalue weighted by molar-refractivity contribution is 0.356. The molecule has 0 N–H and O–H groups in total. The lowest BCUT2D eigenvalue weighted by atomic mass is 9.88. The lowest BCUT2D eigenvalue weighted by Gasteiger charge is -2.18. The third-order valence-electron chi connectivity index (χ3n) is 3.32. The molecule has 0 bridgehead atoms. The normalized spacial score (nSPS) is 14.3. The molecule has 0 saturated carbocycles. The highest BCUT2D eigenvalue weighted by atomic mass is 14.1. The van der Waals surface area contributed by atoms with E-state index in [2.05, 4.69) is 40.3 Å². The van der Waals surface area contributed by atoms with E-state index in [1.54, 1.807) is 0 Å². The summed E-state index contributed by atoms with van der Waals surface area (Å²) < 4.78 is 0. The van der Waals surface area contributed by atoms with Crippen LogP contribution in [0.3, 0.4) is 0 Å². The van der Waals surface area contributed by atoms with Crippen molar-refractivity contribution in [3.63, 3.8) is 0 Å². The van der Waals surface area contributed by atoms with E-state index in [4.69, 9.17) is 0 Å². The molecule has 0 spiro atoms. The maximum Gasteiger partial charge on any atom is -0.0317 e. The van der Waals surface area contributed by atoms with Crippen LogP contribution < -0.4 is 0 Å². The fourth-order valence-corrected chi connectivity index (χ4v) is 2.07. The molecular weight excluding hydrogens is 180 g/mol. The van der Waals surface area contributed by atoms with Crippen LogP contribution >= 0.6 is 0 Å². The van der Waals surface area contributed by atoms with E-state index in [1.807, 2.05) is 6.08 Å². The molecule has 0 amide bonds. The molecule has 88 valence electrons. The van der Waals surface area contributed by atoms with Crippen LogP contribution in [0.25, 0.3) is 0 Å². The van der Waals surface area contributed by atoms with Crippen LogP contribution in [0.1, 0.15) is 59.8 Å². The van der Waals surface area contributed by atoms with Crippen LogP contribution in [0.4, 0.5) is 0 Å². The molecule has 0 aliphatic heterocycles. The summed E-state index contributed by atoms with van der Waals surface area (Å²) in [5, 5.41) is 0. The summed E-state index contributed by atoms with van der Waals surface area (Å²) in [6.45, 7) is 12.9. The van der Waals surface area contributed by atoms with E-state index < -0.39 is 0 Å². The van der Waals surface area contributed by atoms with Gasteiger partial charge in [0, 0.05) is 0 Å². The SMILES string of the molecule is C=CC=C(C)CCC(C)CC(CC)CC. The van der Waals surface area contributed by atoms with Crippen molar-refractivity contribution in [2.75, 3.05) is 0 Å². The molecule has 0 aromatic rings. The maximum absolute atomic E-state index is 3.73. The predicted molar refractivity (Wildman–Crippen MR) is 71.0 cm³/mol. The van der Waals surface area contributed by atoms with Crippen molar-refractivity contribution in [2.45, 2.75) is 59.8 Å². The lowest BCUT2D eigenvalue weighted by Crippen LogP contribution is -2.05. The zero-order chi connectivity index (χ0) is 11.7. The largest absolute Gasteiger partial charge is 0.0991 e. The van der Waals surface area contributed by atoms with Crippen LogP contribution in [0.5, 0.6) is 0 Å². The van der Waals surface area contributed by atoms with E-state index in [-0.39, 0.29) is 0 Å². The second-order valence-electron chi connectivity index (χ2n) is 4.81. The monoisotopic (exact) mass is 208 g/mol. The summed E-state index contributed by atoms with van der Waals surface area (Å²) in [6, 6.07) is 0. The van der Waals surface area contributed by atoms with Crippen LogP contribution in [-0.4, -0.2) is 0 Å². The minimum absolute atomic E-state index is 0.864. The summed E-state index contributed by atoms with van der Waals surface area (Å²) in [5.41, 5.74) is 1.46. The summed E-state index contributed by atoms with van der Waals surface area (Å²) in [6.07, 6.45) is 10.6. The van der Waals surface area contributed by atoms with Crippen LogP contribution in [0, 0.1) is 11.8 Å². The van der Waals surface area contributed by atoms with Crippen molar-refractivity contribution in [1.29, 1.82) is 0 Å². The Labute approximate surface area is 96.5 Å². The van der Waals surface area contributed by atoms with E-state index in [0.717, 1.165) is 11.8 Å². The quantitative estimate of drug-likeness (QED) is 0.471. The van der Waals surface area contributed by atoms with Gasteiger partial charge in [0.05, 0.1) is 0 Å². The van der Waals surface area contributed by atoms with E-state index >= 15 is 0 Å². The van der Waals surface area contributed by atoms with Gasteiger partial charge in [-0.3, -0.25) is 0 Å². The van der Waals surface area contributed by atoms with Crippen LogP contribution in [0.15, 0.2) is 24.3 Å². The molecule has 0 heteroatoms. The molecule has 1 unspecified atom stereocenters. The van der Waals surface area contributed by atoms with Gasteiger partial charge in [0.1, 0.15) is 0 Å². The molecule has 1 atom stereocenters. The number of allylic oxidation sites excluding steroid dienone is 3. The standard InChI is InChI=1S/C15H28/c1-6-9-13(4)10-11-14(5)12-15(7-2)8-3/h6,9,14-15H,1,7-8,10-12H2,2-5H3. The molecule has 0 fully saturated rings. The molecule has 0 aromatic heterocycles. The number of rotatable bonds is 8. The Kier molecular flexibility index (Phi) is 8.46. The fourth-order valence-electron chi connectivity index (χ4n) is 2.07. The van der Waals surface area contributed by atoms with Crippen molar-refractivity contribution in [3.05, 3.63) is 24.3 Å². The zero-order valence-electron chi connectivity index (χ0n) is 11.1. The van der Waals surface area contributed by atoms with Gasteiger partial charge in [-0.25, -0.2) is 0 Å². The first-order valence-corrected chi connectivity index (χ1v) is 6.42. The summed E-state index contributed by atoms with van der Waals surface area (Å²) in [5.74, 6) is 1.80. The molecule has 0 nitrogen and oxygen atoms in total. The molecule has 0 rings (SSSR count). The molecule has 15 heavy (non-hydrogen) atoms. The first-order valence-electron chi connectivity index (χ1n) is 6.42. The first-order chi connectivity index (χ1) is 7.13. The Hall–Kier alpha value is -0.520. The van der Waals surface area contributed by atoms with Gasteiger partial charge in [0.2, 0.25) is 0 Å². The van der Waals surface area contributed by atoms with Crippen LogP contribution in [-0.2, 0) is 0 Å². The second kappa shape index (κ2) is 8.76. The van der Waals surface area contributed by atoms with Crippen molar-refractivity contribution < 1.29 is 0 Å². The summed E-state index contributed by atoms with van der Waals surface area (Å²) in [7, 11) is 0. The molecule has 0 aromatic carbocycles. The van der Waals surface area contributed by atoms with Crippen molar-refractivity contribution in [1.82, 2.24) is 0 Å². The van der Waals surface area contributed by atoms with Gasteiger partial charge in [-0.15, -0.1) is 0 Å². The molecule has 0 radical (unpaired) electrons. The zero-order valence-corrected chi connectivity index (χ0v) is 11.1. The van der Waals surface area contributed by atoms with Gasteiger partial charge in [0.15, 0.2) is 0 Å². The third-order valence-corrected chi connectivity index (χ3v) is 3.32. The van der Waals surface area contributed by atoms with Crippen molar-refractivity contribution in [2.24, 2.45) is 11.8 Å². The fraction of sp³-hybridized carbons (Fsp3) is 0.733. The molecule has 0 heterocycles. The molecule has 0 aliphatic carbocycles. The van der Waals surface area contributed by atoms with Gasteiger partial charge in [0.25, 0.3) is 0 Å². The Morgan fingerprint density at radius 3 is 2.33 bits per heavy atom. The van der Waals surface area contributed by atoms with Gasteiger partial charge in [-0.05, 0) is 38.0 Å². The van der Waals surface area contributed by atoms with Gasteiger partial charge < -0.3 is 0 Å². The highest BCUT2D eigenvalue weighted by Crippen LogP contribution is 2.23. The first kappa shape index (κ1) is 14.5. The predicted octanol–water partition coefficient (Wildman–Crippen LogP) is 5.36. The number of hydrogen-bond acceptors (Lipinski definition) is 0. The maximum atomic E-state index is 3.73. The Balaban J connectivity index is 3.78. The van der Waals surface area contributed by atoms with E-state index in [9.17, 15) is 0 Å². The smallest absolute Gasteiger partial charge is 0.0317 e. The van der Waals surface area contributed by atoms with Gasteiger partial charge in [-0.2, -0.15) is 0 Å². The second-order valence-corrected chi connectivity index (χ2v) is 4.81. The highest BCUT2D eigenvalue weighted by Gasteiger charge is 2.09. The summed E-state index contributed by atoms with van der Waals surface area (Å²) >= 11 is 0. The van der Waals surface area contributed by atoms with Crippen molar-refractivity contribution >= 4 is 0 Å². The third kappa shape index (κ3) is 7.41. The van der Waals surface area contributed by atoms with Gasteiger partial charge in [-0.1, -0.05) is 57.9 Å². The topological polar surface area (TPSA) is 0 Å². The Morgan fingerprint density at radius 1 is 1.27 bits per heavy atom.